The molecule has 0 spiro atoms. The molecule has 1 N–H and O–H groups in total. The topological polar surface area (TPSA) is 40.5 Å². The average molecular weight is 499 g/mol. The summed E-state index contributed by atoms with van der Waals surface area (Å²) in [6, 6.07) is 16.2. The van der Waals surface area contributed by atoms with Crippen molar-refractivity contribution in [2.45, 2.75) is 27.3 Å². The van der Waals surface area contributed by atoms with Gasteiger partial charge in [-0.25, -0.2) is 0 Å². The van der Waals surface area contributed by atoms with E-state index in [1.165, 1.54) is 5.56 Å². The number of nitrogens with one attached hydrogen (secondary N) is 1. The third-order valence-electron chi connectivity index (χ3n) is 6.63. The standard InChI is InChI=1S/C27H32Cl2N4O/c1-4-33-20(3)22(18-25(33)21-10-8-19(2)9-11-21)27(34)30-12-13-31-14-16-32(17-15-31)24-7-5-6-23(28)26(24)29/h5-11,18H,4,12-17H2,1-3H3,(H,30,34). The van der Waals surface area contributed by atoms with Gasteiger partial charge in [0.1, 0.15) is 0 Å². The van der Waals surface area contributed by atoms with Crippen LogP contribution >= 0.6 is 23.2 Å². The van der Waals surface area contributed by atoms with E-state index in [1.807, 2.05) is 31.2 Å². The SMILES string of the molecule is CCn1c(-c2ccc(C)cc2)cc(C(=O)NCCN2CCN(c3cccc(Cl)c3Cl)CC2)c1C. The molecule has 1 saturated heterocycles. The van der Waals surface area contributed by atoms with Gasteiger partial charge in [-0.15, -0.1) is 0 Å². The number of carbonyl (C=O) groups excluding carboxylic acids is 1. The third kappa shape index (κ3) is 5.27. The second-order valence-electron chi connectivity index (χ2n) is 8.80. The van der Waals surface area contributed by atoms with Gasteiger partial charge in [-0.2, -0.15) is 0 Å². The fraction of sp³-hybridized carbons (Fsp3) is 0.370. The van der Waals surface area contributed by atoms with Crippen LogP contribution < -0.4 is 10.2 Å². The molecule has 34 heavy (non-hydrogen) atoms. The van der Waals surface area contributed by atoms with Gasteiger partial charge in [0.05, 0.1) is 21.3 Å². The highest BCUT2D eigenvalue weighted by Crippen LogP contribution is 2.33. The van der Waals surface area contributed by atoms with Gasteiger partial charge < -0.3 is 14.8 Å². The number of halogens is 2. The van der Waals surface area contributed by atoms with Gasteiger partial charge >= 0.3 is 0 Å². The molecule has 0 aliphatic carbocycles. The Morgan fingerprint density at radius 1 is 1.00 bits per heavy atom. The van der Waals surface area contributed by atoms with E-state index < -0.39 is 0 Å². The molecule has 1 amide bonds. The zero-order valence-corrected chi connectivity index (χ0v) is 21.6. The summed E-state index contributed by atoms with van der Waals surface area (Å²) >= 11 is 12.6. The molecule has 2 heterocycles. The average Bonchev–Trinajstić information content (AvgIpc) is 3.18. The quantitative estimate of drug-likeness (QED) is 0.457. The normalized spacial score (nSPS) is 14.4. The van der Waals surface area contributed by atoms with Crippen LogP contribution in [-0.2, 0) is 6.54 Å². The molecule has 2 aromatic carbocycles. The lowest BCUT2D eigenvalue weighted by Crippen LogP contribution is -2.48. The first-order chi connectivity index (χ1) is 16.4. The van der Waals surface area contributed by atoms with Crippen LogP contribution in [0.2, 0.25) is 10.0 Å². The molecule has 0 radical (unpaired) electrons. The van der Waals surface area contributed by atoms with Gasteiger partial charge in [0.15, 0.2) is 0 Å². The highest BCUT2D eigenvalue weighted by atomic mass is 35.5. The van der Waals surface area contributed by atoms with Crippen LogP contribution in [0.4, 0.5) is 5.69 Å². The molecule has 1 aliphatic heterocycles. The number of hydrogen-bond donors (Lipinski definition) is 1. The summed E-state index contributed by atoms with van der Waals surface area (Å²) in [6.45, 7) is 12.1. The number of aromatic nitrogens is 1. The Kier molecular flexibility index (Phi) is 7.87. The predicted molar refractivity (Wildman–Crippen MR) is 142 cm³/mol. The Labute approximate surface area is 212 Å². The fourth-order valence-electron chi connectivity index (χ4n) is 4.62. The number of nitrogens with zero attached hydrogens (tertiary/aromatic N) is 3. The summed E-state index contributed by atoms with van der Waals surface area (Å²) in [7, 11) is 0. The summed E-state index contributed by atoms with van der Waals surface area (Å²) in [5.74, 6) is -0.0117. The van der Waals surface area contributed by atoms with Crippen LogP contribution in [0, 0.1) is 13.8 Å². The molecule has 0 bridgehead atoms. The maximum Gasteiger partial charge on any atom is 0.253 e. The lowest BCUT2D eigenvalue weighted by Gasteiger charge is -2.36. The number of rotatable bonds is 7. The molecule has 1 fully saturated rings. The van der Waals surface area contributed by atoms with Crippen LogP contribution in [0.1, 0.15) is 28.5 Å². The number of aryl methyl sites for hydroxylation is 1. The maximum atomic E-state index is 13.0. The lowest BCUT2D eigenvalue weighted by atomic mass is 10.1. The smallest absolute Gasteiger partial charge is 0.253 e. The second kappa shape index (κ2) is 10.9. The number of carbonyl (C=O) groups is 1. The van der Waals surface area contributed by atoms with Crippen LogP contribution in [0.15, 0.2) is 48.5 Å². The lowest BCUT2D eigenvalue weighted by molar-refractivity contribution is 0.0947. The predicted octanol–water partition coefficient (Wildman–Crippen LogP) is 5.65. The van der Waals surface area contributed by atoms with Crippen molar-refractivity contribution in [1.82, 2.24) is 14.8 Å². The molecule has 5 nitrogen and oxygen atoms in total. The maximum absolute atomic E-state index is 13.0. The van der Waals surface area contributed by atoms with E-state index in [2.05, 4.69) is 57.8 Å². The molecule has 1 aliphatic rings. The van der Waals surface area contributed by atoms with Crippen LogP contribution in [0.5, 0.6) is 0 Å². The number of piperazine rings is 1. The Morgan fingerprint density at radius 2 is 1.71 bits per heavy atom. The van der Waals surface area contributed by atoms with E-state index in [4.69, 9.17) is 23.2 Å². The molecule has 0 atom stereocenters. The summed E-state index contributed by atoms with van der Waals surface area (Å²) in [5, 5.41) is 4.33. The minimum Gasteiger partial charge on any atom is -0.368 e. The first kappa shape index (κ1) is 24.6. The molecule has 1 aromatic heterocycles. The van der Waals surface area contributed by atoms with Crippen molar-refractivity contribution in [3.8, 4) is 11.3 Å². The van der Waals surface area contributed by atoms with Gasteiger partial charge in [0, 0.05) is 57.2 Å². The van der Waals surface area contributed by atoms with Crippen molar-refractivity contribution < 1.29 is 4.79 Å². The highest BCUT2D eigenvalue weighted by molar-refractivity contribution is 6.43. The van der Waals surface area contributed by atoms with E-state index >= 15 is 0 Å². The van der Waals surface area contributed by atoms with Crippen molar-refractivity contribution in [3.05, 3.63) is 75.4 Å². The molecule has 0 unspecified atom stereocenters. The van der Waals surface area contributed by atoms with Gasteiger partial charge in [0.2, 0.25) is 0 Å². The van der Waals surface area contributed by atoms with Crippen LogP contribution in [-0.4, -0.2) is 54.6 Å². The third-order valence-corrected chi connectivity index (χ3v) is 7.44. The largest absolute Gasteiger partial charge is 0.368 e. The van der Waals surface area contributed by atoms with Gasteiger partial charge in [-0.1, -0.05) is 59.1 Å². The number of anilines is 1. The van der Waals surface area contributed by atoms with Gasteiger partial charge in [-0.3, -0.25) is 9.69 Å². The van der Waals surface area contributed by atoms with E-state index in [1.54, 1.807) is 0 Å². The zero-order chi connectivity index (χ0) is 24.2. The van der Waals surface area contributed by atoms with Gasteiger partial charge in [-0.05, 0) is 44.5 Å². The molecular weight excluding hydrogens is 467 g/mol. The van der Waals surface area contributed by atoms with Crippen molar-refractivity contribution >= 4 is 34.8 Å². The second-order valence-corrected chi connectivity index (χ2v) is 9.58. The minimum absolute atomic E-state index is 0.0117. The Balaban J connectivity index is 1.32. The molecule has 0 saturated carbocycles. The fourth-order valence-corrected chi connectivity index (χ4v) is 5.03. The monoisotopic (exact) mass is 498 g/mol. The highest BCUT2D eigenvalue weighted by Gasteiger charge is 2.21. The molecule has 7 heteroatoms. The molecular formula is C27H32Cl2N4O. The minimum atomic E-state index is -0.0117. The Bertz CT molecular complexity index is 1150. The summed E-state index contributed by atoms with van der Waals surface area (Å²) in [6.07, 6.45) is 0. The van der Waals surface area contributed by atoms with Crippen molar-refractivity contribution in [2.75, 3.05) is 44.2 Å². The number of hydrogen-bond acceptors (Lipinski definition) is 3. The van der Waals surface area contributed by atoms with Crippen LogP contribution in [0.25, 0.3) is 11.3 Å². The first-order valence-corrected chi connectivity index (χ1v) is 12.6. The Hall–Kier alpha value is -2.47. The summed E-state index contributed by atoms with van der Waals surface area (Å²) in [4.78, 5) is 17.6. The van der Waals surface area contributed by atoms with Crippen molar-refractivity contribution in [2.24, 2.45) is 0 Å². The molecule has 180 valence electrons. The molecule has 3 aromatic rings. The first-order valence-electron chi connectivity index (χ1n) is 11.9. The Morgan fingerprint density at radius 3 is 2.38 bits per heavy atom. The summed E-state index contributed by atoms with van der Waals surface area (Å²) in [5.41, 5.74) is 6.18. The zero-order valence-electron chi connectivity index (χ0n) is 20.1. The van der Waals surface area contributed by atoms with E-state index in [-0.39, 0.29) is 5.91 Å². The van der Waals surface area contributed by atoms with Crippen molar-refractivity contribution in [3.63, 3.8) is 0 Å². The van der Waals surface area contributed by atoms with E-state index in [0.29, 0.717) is 16.6 Å². The summed E-state index contributed by atoms with van der Waals surface area (Å²) < 4.78 is 2.21. The van der Waals surface area contributed by atoms with Gasteiger partial charge in [0.25, 0.3) is 5.91 Å². The van der Waals surface area contributed by atoms with E-state index in [9.17, 15) is 4.79 Å². The number of benzene rings is 2. The van der Waals surface area contributed by atoms with E-state index in [0.717, 1.165) is 67.5 Å². The molecule has 4 rings (SSSR count). The van der Waals surface area contributed by atoms with Crippen molar-refractivity contribution in [1.29, 1.82) is 0 Å². The van der Waals surface area contributed by atoms with Crippen LogP contribution in [0.3, 0.4) is 0 Å². The number of amides is 1.